The Bertz CT molecular complexity index is 206. The normalized spacial score (nSPS) is 13.6. The van der Waals surface area contributed by atoms with Crippen molar-refractivity contribution in [2.24, 2.45) is 0 Å². The molecule has 0 unspecified atom stereocenters. The molecule has 0 fully saturated rings. The summed E-state index contributed by atoms with van der Waals surface area (Å²) in [6, 6.07) is 0. The fourth-order valence-electron chi connectivity index (χ4n) is 1.02. The van der Waals surface area contributed by atoms with Crippen LogP contribution < -0.4 is 0 Å². The smallest absolute Gasteiger partial charge is 0.192 e. The molecule has 96 valence electrons. The summed E-state index contributed by atoms with van der Waals surface area (Å²) >= 11 is 3.44. The van der Waals surface area contributed by atoms with Crippen molar-refractivity contribution < 1.29 is 4.43 Å². The Morgan fingerprint density at radius 1 is 1.12 bits per heavy atom. The Balaban J connectivity index is 3.73. The molecule has 3 heteroatoms. The Morgan fingerprint density at radius 3 is 2.25 bits per heavy atom. The highest BCUT2D eigenvalue weighted by Crippen LogP contribution is 2.36. The minimum atomic E-state index is -1.54. The predicted octanol–water partition coefficient (Wildman–Crippen LogP) is 5.13. The van der Waals surface area contributed by atoms with E-state index in [9.17, 15) is 0 Å². The zero-order chi connectivity index (χ0) is 12.7. The molecular weight excluding hydrogens is 280 g/mol. The fourth-order valence-corrected chi connectivity index (χ4v) is 2.36. The molecule has 0 aliphatic heterocycles. The highest BCUT2D eigenvalue weighted by atomic mass is 79.9. The minimum Gasteiger partial charge on any atom is -0.413 e. The Labute approximate surface area is 111 Å². The summed E-state index contributed by atoms with van der Waals surface area (Å²) in [6.45, 7) is 12.2. The molecule has 0 saturated heterocycles. The van der Waals surface area contributed by atoms with Crippen LogP contribution in [0.3, 0.4) is 0 Å². The third-order valence-electron chi connectivity index (χ3n) is 3.27. The summed E-state index contributed by atoms with van der Waals surface area (Å²) in [5.41, 5.74) is 0. The average Bonchev–Trinajstić information content (AvgIpc) is 2.14. The third kappa shape index (κ3) is 6.87. The van der Waals surface area contributed by atoms with Gasteiger partial charge in [-0.3, -0.25) is 0 Å². The van der Waals surface area contributed by atoms with Gasteiger partial charge in [0.05, 0.1) is 6.61 Å². The molecule has 0 atom stereocenters. The summed E-state index contributed by atoms with van der Waals surface area (Å²) in [7, 11) is -1.54. The summed E-state index contributed by atoms with van der Waals surface area (Å²) in [5.74, 6) is 0. The van der Waals surface area contributed by atoms with Gasteiger partial charge in [0.15, 0.2) is 8.32 Å². The number of halogens is 1. The monoisotopic (exact) mass is 306 g/mol. The van der Waals surface area contributed by atoms with E-state index >= 15 is 0 Å². The van der Waals surface area contributed by atoms with E-state index in [1.807, 2.05) is 0 Å². The number of unbranched alkanes of at least 4 members (excludes halogenated alkanes) is 2. The lowest BCUT2D eigenvalue weighted by molar-refractivity contribution is 0.327. The minimum absolute atomic E-state index is 0.316. The molecule has 0 saturated carbocycles. The first-order valence-electron chi connectivity index (χ1n) is 6.16. The van der Waals surface area contributed by atoms with Gasteiger partial charge in [-0.25, -0.2) is 0 Å². The zero-order valence-corrected chi connectivity index (χ0v) is 14.1. The first kappa shape index (κ1) is 16.4. The topological polar surface area (TPSA) is 9.23 Å². The average molecular weight is 307 g/mol. The molecule has 1 nitrogen and oxygen atoms in total. The lowest BCUT2D eigenvalue weighted by atomic mass is 10.2. The van der Waals surface area contributed by atoms with Gasteiger partial charge in [-0.1, -0.05) is 48.9 Å². The number of rotatable bonds is 7. The van der Waals surface area contributed by atoms with E-state index < -0.39 is 8.32 Å². The SMILES string of the molecule is CC(C)(C)[Si](C)(C)OC/C=C/CCCCBr. The maximum Gasteiger partial charge on any atom is 0.192 e. The molecule has 0 aliphatic carbocycles. The quantitative estimate of drug-likeness (QED) is 0.274. The molecule has 0 radical (unpaired) electrons. The van der Waals surface area contributed by atoms with Crippen molar-refractivity contribution in [3.05, 3.63) is 12.2 Å². The van der Waals surface area contributed by atoms with Gasteiger partial charge in [0.25, 0.3) is 0 Å². The van der Waals surface area contributed by atoms with Gasteiger partial charge in [0.1, 0.15) is 0 Å². The Hall–Kier alpha value is 0.397. The van der Waals surface area contributed by atoms with Crippen LogP contribution in [0.2, 0.25) is 18.1 Å². The van der Waals surface area contributed by atoms with Gasteiger partial charge in [0.2, 0.25) is 0 Å². The van der Waals surface area contributed by atoms with Crippen LogP contribution in [0, 0.1) is 0 Å². The van der Waals surface area contributed by atoms with Crippen molar-refractivity contribution in [3.8, 4) is 0 Å². The van der Waals surface area contributed by atoms with Crippen molar-refractivity contribution >= 4 is 24.2 Å². The van der Waals surface area contributed by atoms with Crippen molar-refractivity contribution in [2.75, 3.05) is 11.9 Å². The van der Waals surface area contributed by atoms with Crippen LogP contribution in [-0.4, -0.2) is 20.3 Å². The molecular formula is C13H27BrOSi. The van der Waals surface area contributed by atoms with Gasteiger partial charge in [-0.2, -0.15) is 0 Å². The fraction of sp³-hybridized carbons (Fsp3) is 0.846. The van der Waals surface area contributed by atoms with E-state index in [2.05, 4.69) is 61.9 Å². The van der Waals surface area contributed by atoms with E-state index in [1.165, 1.54) is 19.3 Å². The lowest BCUT2D eigenvalue weighted by Crippen LogP contribution is -2.40. The van der Waals surface area contributed by atoms with Gasteiger partial charge >= 0.3 is 0 Å². The van der Waals surface area contributed by atoms with E-state index in [1.54, 1.807) is 0 Å². The molecule has 0 N–H and O–H groups in total. The molecule has 0 bridgehead atoms. The van der Waals surface area contributed by atoms with Gasteiger partial charge < -0.3 is 4.43 Å². The number of hydrogen-bond donors (Lipinski definition) is 0. The number of hydrogen-bond acceptors (Lipinski definition) is 1. The number of alkyl halides is 1. The molecule has 0 aromatic heterocycles. The molecule has 0 amide bonds. The highest BCUT2D eigenvalue weighted by Gasteiger charge is 2.36. The maximum atomic E-state index is 6.04. The van der Waals surface area contributed by atoms with Crippen LogP contribution in [0.25, 0.3) is 0 Å². The second-order valence-electron chi connectivity index (χ2n) is 5.73. The zero-order valence-electron chi connectivity index (χ0n) is 11.5. The standard InChI is InChI=1S/C13H27BrOSi/c1-13(2,3)16(4,5)15-12-10-8-6-7-9-11-14/h8,10H,6-7,9,11-12H2,1-5H3/b10-8+. The largest absolute Gasteiger partial charge is 0.413 e. The first-order valence-corrected chi connectivity index (χ1v) is 10.2. The molecule has 0 heterocycles. The lowest BCUT2D eigenvalue weighted by Gasteiger charge is -2.35. The van der Waals surface area contributed by atoms with Crippen molar-refractivity contribution in [1.29, 1.82) is 0 Å². The van der Waals surface area contributed by atoms with Crippen LogP contribution in [0.1, 0.15) is 40.0 Å². The summed E-state index contributed by atoms with van der Waals surface area (Å²) < 4.78 is 6.04. The van der Waals surface area contributed by atoms with Crippen molar-refractivity contribution in [3.63, 3.8) is 0 Å². The molecule has 0 spiro atoms. The van der Waals surface area contributed by atoms with E-state index in [4.69, 9.17) is 4.43 Å². The van der Waals surface area contributed by atoms with Crippen molar-refractivity contribution in [1.82, 2.24) is 0 Å². The first-order chi connectivity index (χ1) is 7.31. The van der Waals surface area contributed by atoms with E-state index in [0.717, 1.165) is 11.9 Å². The molecule has 0 aromatic carbocycles. The predicted molar refractivity (Wildman–Crippen MR) is 79.9 cm³/mol. The maximum absolute atomic E-state index is 6.04. The summed E-state index contributed by atoms with van der Waals surface area (Å²) in [4.78, 5) is 0. The van der Waals surface area contributed by atoms with Crippen LogP contribution in [0.15, 0.2) is 12.2 Å². The highest BCUT2D eigenvalue weighted by molar-refractivity contribution is 9.09. The van der Waals surface area contributed by atoms with Gasteiger partial charge in [0, 0.05) is 5.33 Å². The van der Waals surface area contributed by atoms with Crippen LogP contribution in [0.4, 0.5) is 0 Å². The number of allylic oxidation sites excluding steroid dienone is 1. The second-order valence-corrected chi connectivity index (χ2v) is 11.3. The van der Waals surface area contributed by atoms with Crippen LogP contribution in [-0.2, 0) is 4.43 Å². The van der Waals surface area contributed by atoms with Crippen LogP contribution in [0.5, 0.6) is 0 Å². The Morgan fingerprint density at radius 2 is 1.75 bits per heavy atom. The third-order valence-corrected chi connectivity index (χ3v) is 8.33. The van der Waals surface area contributed by atoms with Crippen molar-refractivity contribution in [2.45, 2.75) is 58.2 Å². The summed E-state index contributed by atoms with van der Waals surface area (Å²) in [6.07, 6.45) is 8.12. The van der Waals surface area contributed by atoms with Gasteiger partial charge in [-0.05, 0) is 37.4 Å². The molecule has 0 rings (SSSR count). The van der Waals surface area contributed by atoms with E-state index in [-0.39, 0.29) is 0 Å². The molecule has 0 aliphatic rings. The summed E-state index contributed by atoms with van der Waals surface area (Å²) in [5, 5.41) is 1.43. The molecule has 16 heavy (non-hydrogen) atoms. The van der Waals surface area contributed by atoms with Gasteiger partial charge in [-0.15, -0.1) is 0 Å². The van der Waals surface area contributed by atoms with Crippen LogP contribution >= 0.6 is 15.9 Å². The molecule has 0 aromatic rings. The Kier molecular flexibility index (Phi) is 7.86. The second kappa shape index (κ2) is 7.67. The van der Waals surface area contributed by atoms with E-state index in [0.29, 0.717) is 5.04 Å².